The molecule has 7 nitrogen and oxygen atoms in total. The van der Waals surface area contributed by atoms with E-state index in [4.69, 9.17) is 0 Å². The quantitative estimate of drug-likeness (QED) is 0.603. The molecule has 0 radical (unpaired) electrons. The highest BCUT2D eigenvalue weighted by atomic mass is 16.2. The van der Waals surface area contributed by atoms with Gasteiger partial charge >= 0.3 is 0 Å². The van der Waals surface area contributed by atoms with Crippen LogP contribution in [0, 0.1) is 0 Å². The van der Waals surface area contributed by atoms with E-state index in [1.165, 1.54) is 11.1 Å². The third-order valence-corrected chi connectivity index (χ3v) is 6.69. The van der Waals surface area contributed by atoms with E-state index in [2.05, 4.69) is 64.1 Å². The number of piperazine rings is 1. The summed E-state index contributed by atoms with van der Waals surface area (Å²) >= 11 is 0. The monoisotopic (exact) mass is 468 g/mol. The maximum atomic E-state index is 13.1. The van der Waals surface area contributed by atoms with Crippen molar-refractivity contribution >= 4 is 23.4 Å². The number of anilines is 1. The number of benzene rings is 3. The Balaban J connectivity index is 1.24. The first-order valence-electron chi connectivity index (χ1n) is 11.9. The summed E-state index contributed by atoms with van der Waals surface area (Å²) < 4.78 is 0. The summed E-state index contributed by atoms with van der Waals surface area (Å²) in [5.41, 5.74) is 3.30. The van der Waals surface area contributed by atoms with Gasteiger partial charge in [-0.1, -0.05) is 72.8 Å². The molecule has 3 amide bonds. The van der Waals surface area contributed by atoms with Crippen LogP contribution in [0.15, 0.2) is 84.9 Å². The van der Waals surface area contributed by atoms with Crippen LogP contribution >= 0.6 is 0 Å². The second-order valence-corrected chi connectivity index (χ2v) is 8.91. The normalized spacial score (nSPS) is 18.4. The standard InChI is InChI=1S/C28H28N4O3/c33-25(19-24-28(35)29-23-14-8-7-13-22(23)27(34)30-24)31-15-17-32(18-16-31)26(20-9-3-1-4-10-20)21-11-5-2-6-12-21/h1-14,24,26H,15-19H2,(H,29,35)(H,30,34)/t24-/m1/s1. The van der Waals surface area contributed by atoms with E-state index < -0.39 is 6.04 Å². The van der Waals surface area contributed by atoms with Crippen LogP contribution in [-0.2, 0) is 9.59 Å². The summed E-state index contributed by atoms with van der Waals surface area (Å²) in [6.45, 7) is 2.57. The maximum Gasteiger partial charge on any atom is 0.254 e. The van der Waals surface area contributed by atoms with Gasteiger partial charge < -0.3 is 15.5 Å². The van der Waals surface area contributed by atoms with Gasteiger partial charge in [0.2, 0.25) is 11.8 Å². The van der Waals surface area contributed by atoms with E-state index >= 15 is 0 Å². The van der Waals surface area contributed by atoms with Gasteiger partial charge in [0.25, 0.3) is 5.91 Å². The zero-order valence-electron chi connectivity index (χ0n) is 19.4. The number of fused-ring (bicyclic) bond motifs is 1. The first-order valence-corrected chi connectivity index (χ1v) is 11.9. The van der Waals surface area contributed by atoms with Crippen molar-refractivity contribution in [2.24, 2.45) is 0 Å². The van der Waals surface area contributed by atoms with Crippen LogP contribution in [0.1, 0.15) is 33.9 Å². The number of hydrogen-bond donors (Lipinski definition) is 2. The van der Waals surface area contributed by atoms with Crippen LogP contribution in [-0.4, -0.2) is 59.7 Å². The van der Waals surface area contributed by atoms with Crippen molar-refractivity contribution in [3.8, 4) is 0 Å². The number of para-hydroxylation sites is 1. The Morgan fingerprint density at radius 2 is 1.37 bits per heavy atom. The molecule has 1 saturated heterocycles. The smallest absolute Gasteiger partial charge is 0.254 e. The SMILES string of the molecule is O=C1N[C@H](CC(=O)N2CCN(C(c3ccccc3)c3ccccc3)CC2)C(=O)Nc2ccccc21. The summed E-state index contributed by atoms with van der Waals surface area (Å²) in [6, 6.07) is 26.9. The largest absolute Gasteiger partial charge is 0.340 e. The van der Waals surface area contributed by atoms with Gasteiger partial charge in [-0.05, 0) is 23.3 Å². The summed E-state index contributed by atoms with van der Waals surface area (Å²) in [5, 5.41) is 5.48. The number of hydrogen-bond acceptors (Lipinski definition) is 4. The van der Waals surface area contributed by atoms with E-state index in [0.29, 0.717) is 24.3 Å². The Morgan fingerprint density at radius 1 is 0.800 bits per heavy atom. The number of carbonyl (C=O) groups excluding carboxylic acids is 3. The molecule has 3 aromatic rings. The zero-order valence-corrected chi connectivity index (χ0v) is 19.4. The predicted octanol–water partition coefficient (Wildman–Crippen LogP) is 3.06. The molecule has 2 N–H and O–H groups in total. The molecule has 0 aromatic heterocycles. The minimum Gasteiger partial charge on any atom is -0.340 e. The number of nitrogens with zero attached hydrogens (tertiary/aromatic N) is 2. The van der Waals surface area contributed by atoms with Crippen LogP contribution in [0.3, 0.4) is 0 Å². The van der Waals surface area contributed by atoms with Gasteiger partial charge in [-0.2, -0.15) is 0 Å². The van der Waals surface area contributed by atoms with Crippen LogP contribution < -0.4 is 10.6 Å². The van der Waals surface area contributed by atoms with Crippen molar-refractivity contribution in [2.75, 3.05) is 31.5 Å². The lowest BCUT2D eigenvalue weighted by atomic mass is 9.96. The van der Waals surface area contributed by atoms with Crippen molar-refractivity contribution in [1.82, 2.24) is 15.1 Å². The third-order valence-electron chi connectivity index (χ3n) is 6.69. The van der Waals surface area contributed by atoms with Gasteiger partial charge in [0.1, 0.15) is 6.04 Å². The first-order chi connectivity index (χ1) is 17.1. The highest BCUT2D eigenvalue weighted by Crippen LogP contribution is 2.29. The Morgan fingerprint density at radius 3 is 2.00 bits per heavy atom. The highest BCUT2D eigenvalue weighted by molar-refractivity contribution is 6.10. The van der Waals surface area contributed by atoms with Gasteiger partial charge in [0.05, 0.1) is 23.7 Å². The molecule has 0 unspecified atom stereocenters. The molecule has 0 bridgehead atoms. The van der Waals surface area contributed by atoms with Gasteiger partial charge in [0.15, 0.2) is 0 Å². The molecule has 5 rings (SSSR count). The van der Waals surface area contributed by atoms with Crippen LogP contribution in [0.4, 0.5) is 5.69 Å². The fourth-order valence-corrected chi connectivity index (χ4v) is 4.87. The van der Waals surface area contributed by atoms with Crippen molar-refractivity contribution in [3.63, 3.8) is 0 Å². The van der Waals surface area contributed by atoms with Gasteiger partial charge in [-0.3, -0.25) is 19.3 Å². The average Bonchev–Trinajstić information content (AvgIpc) is 3.01. The van der Waals surface area contributed by atoms with Gasteiger partial charge in [-0.25, -0.2) is 0 Å². The molecule has 2 aliphatic heterocycles. The summed E-state index contributed by atoms with van der Waals surface area (Å²) in [7, 11) is 0. The highest BCUT2D eigenvalue weighted by Gasteiger charge is 2.33. The lowest BCUT2D eigenvalue weighted by molar-refractivity contribution is -0.135. The van der Waals surface area contributed by atoms with Crippen molar-refractivity contribution < 1.29 is 14.4 Å². The van der Waals surface area contributed by atoms with Crippen molar-refractivity contribution in [2.45, 2.75) is 18.5 Å². The molecule has 178 valence electrons. The minimum atomic E-state index is -0.901. The number of carbonyl (C=O) groups is 3. The van der Waals surface area contributed by atoms with Crippen LogP contribution in [0.5, 0.6) is 0 Å². The molecular formula is C28H28N4O3. The molecule has 1 atom stereocenters. The van der Waals surface area contributed by atoms with E-state index in [0.717, 1.165) is 13.1 Å². The Labute approximate surface area is 204 Å². The predicted molar refractivity (Wildman–Crippen MR) is 134 cm³/mol. The van der Waals surface area contributed by atoms with Gasteiger partial charge in [-0.15, -0.1) is 0 Å². The second kappa shape index (κ2) is 10.1. The molecule has 35 heavy (non-hydrogen) atoms. The van der Waals surface area contributed by atoms with Crippen LogP contribution in [0.25, 0.3) is 0 Å². The van der Waals surface area contributed by atoms with Crippen molar-refractivity contribution in [1.29, 1.82) is 0 Å². The molecule has 0 spiro atoms. The molecule has 2 heterocycles. The molecule has 0 saturated carbocycles. The molecule has 0 aliphatic carbocycles. The number of nitrogens with one attached hydrogen (secondary N) is 2. The molecule has 3 aromatic carbocycles. The summed E-state index contributed by atoms with van der Waals surface area (Å²) in [4.78, 5) is 42.5. The Hall–Kier alpha value is -3.97. The number of amides is 3. The first kappa shape index (κ1) is 22.8. The Bertz CT molecular complexity index is 1170. The molecule has 1 fully saturated rings. The third kappa shape index (κ3) is 4.95. The maximum absolute atomic E-state index is 13.1. The van der Waals surface area contributed by atoms with E-state index in [1.54, 1.807) is 29.2 Å². The summed E-state index contributed by atoms with van der Waals surface area (Å²) in [6.07, 6.45) is -0.0631. The van der Waals surface area contributed by atoms with Crippen LogP contribution in [0.2, 0.25) is 0 Å². The Kier molecular flexibility index (Phi) is 6.59. The average molecular weight is 469 g/mol. The fourth-order valence-electron chi connectivity index (χ4n) is 4.87. The lowest BCUT2D eigenvalue weighted by Crippen LogP contribution is -2.52. The molecule has 7 heteroatoms. The van der Waals surface area contributed by atoms with E-state index in [-0.39, 0.29) is 30.2 Å². The fraction of sp³-hybridized carbons (Fsp3) is 0.250. The minimum absolute atomic E-state index is 0.0631. The molecule has 2 aliphatic rings. The second-order valence-electron chi connectivity index (χ2n) is 8.91. The van der Waals surface area contributed by atoms with Crippen molar-refractivity contribution in [3.05, 3.63) is 102 Å². The van der Waals surface area contributed by atoms with Gasteiger partial charge in [0, 0.05) is 26.2 Å². The molecular weight excluding hydrogens is 440 g/mol. The zero-order chi connectivity index (χ0) is 24.2. The van der Waals surface area contributed by atoms with E-state index in [1.807, 2.05) is 12.1 Å². The summed E-state index contributed by atoms with van der Waals surface area (Å²) in [5.74, 6) is -0.856. The van der Waals surface area contributed by atoms with E-state index in [9.17, 15) is 14.4 Å². The lowest BCUT2D eigenvalue weighted by Gasteiger charge is -2.40. The topological polar surface area (TPSA) is 81.8 Å². The number of rotatable bonds is 5.